The highest BCUT2D eigenvalue weighted by Gasteiger charge is 2.46. The molecule has 2 atom stereocenters. The van der Waals surface area contributed by atoms with Crippen LogP contribution in [0, 0.1) is 10.1 Å². The number of alkyl halides is 3. The molecular formula is C28H23BrF3N5O5. The number of benzene rings is 3. The first-order chi connectivity index (χ1) is 20.0. The molecule has 0 radical (unpaired) electrons. The van der Waals surface area contributed by atoms with Crippen LogP contribution in [0.2, 0.25) is 0 Å². The Balaban J connectivity index is 1.39. The number of halogens is 4. The summed E-state index contributed by atoms with van der Waals surface area (Å²) < 4.78 is 54.8. The predicted octanol–water partition coefficient (Wildman–Crippen LogP) is 7.66. The number of rotatable bonds is 8. The van der Waals surface area contributed by atoms with Crippen LogP contribution < -0.4 is 20.1 Å². The SMILES string of the molecule is CCOc1ccc(Oc2cc(NC(=O)c3cc4n(n3)C(C(F)(F)F)CC(c3ccc(Br)cc3)N4)cc([N+](=O)[O-])c2)cc1. The summed E-state index contributed by atoms with van der Waals surface area (Å²) in [5.74, 6) is 0.198. The summed E-state index contributed by atoms with van der Waals surface area (Å²) in [5, 5.41) is 21.0. The Morgan fingerprint density at radius 2 is 1.79 bits per heavy atom. The number of carbonyl (C=O) groups is 1. The fourth-order valence-electron chi connectivity index (χ4n) is 4.52. The maximum atomic E-state index is 14.1. The molecule has 14 heteroatoms. The highest BCUT2D eigenvalue weighted by atomic mass is 79.9. The maximum absolute atomic E-state index is 14.1. The second kappa shape index (κ2) is 11.7. The molecule has 1 aliphatic heterocycles. The van der Waals surface area contributed by atoms with E-state index >= 15 is 0 Å². The van der Waals surface area contributed by atoms with E-state index in [9.17, 15) is 28.1 Å². The van der Waals surface area contributed by atoms with Crippen LogP contribution in [0.3, 0.4) is 0 Å². The normalized spacial score (nSPS) is 16.2. The summed E-state index contributed by atoms with van der Waals surface area (Å²) in [7, 11) is 0. The highest BCUT2D eigenvalue weighted by molar-refractivity contribution is 9.10. The standard InChI is InChI=1S/C28H23BrF3N5O5/c1-2-41-20-7-9-21(10-8-20)42-22-12-18(11-19(13-22)37(39)40)33-27(38)24-15-26-34-23(16-3-5-17(29)6-4-16)14-25(28(30,31)32)36(26)35-24/h3-13,15,23,25,34H,2,14H2,1H3,(H,33,38). The van der Waals surface area contributed by atoms with Gasteiger partial charge in [-0.15, -0.1) is 0 Å². The number of amides is 1. The van der Waals surface area contributed by atoms with Gasteiger partial charge in [0.15, 0.2) is 11.7 Å². The van der Waals surface area contributed by atoms with Crippen molar-refractivity contribution in [3.63, 3.8) is 0 Å². The quantitative estimate of drug-likeness (QED) is 0.149. The third kappa shape index (κ3) is 6.48. The first-order valence-electron chi connectivity index (χ1n) is 12.7. The minimum atomic E-state index is -4.63. The zero-order chi connectivity index (χ0) is 30.0. The van der Waals surface area contributed by atoms with Crippen LogP contribution in [-0.2, 0) is 0 Å². The number of fused-ring (bicyclic) bond motifs is 1. The van der Waals surface area contributed by atoms with E-state index in [1.807, 2.05) is 6.92 Å². The largest absolute Gasteiger partial charge is 0.494 e. The van der Waals surface area contributed by atoms with Gasteiger partial charge in [0.25, 0.3) is 11.6 Å². The lowest BCUT2D eigenvalue weighted by atomic mass is 9.97. The van der Waals surface area contributed by atoms with E-state index in [1.165, 1.54) is 18.2 Å². The average molecular weight is 646 g/mol. The molecule has 3 aromatic carbocycles. The van der Waals surface area contributed by atoms with E-state index in [0.717, 1.165) is 15.2 Å². The van der Waals surface area contributed by atoms with Gasteiger partial charge >= 0.3 is 6.18 Å². The van der Waals surface area contributed by atoms with Gasteiger partial charge in [0.1, 0.15) is 23.1 Å². The van der Waals surface area contributed by atoms with E-state index < -0.39 is 29.1 Å². The zero-order valence-corrected chi connectivity index (χ0v) is 23.5. The fraction of sp³-hybridized carbons (Fsp3) is 0.214. The Hall–Kier alpha value is -4.59. The number of anilines is 2. The number of nitrogens with zero attached hydrogens (tertiary/aromatic N) is 3. The van der Waals surface area contributed by atoms with Gasteiger partial charge in [0.2, 0.25) is 0 Å². The molecule has 4 aromatic rings. The van der Waals surface area contributed by atoms with E-state index in [1.54, 1.807) is 48.5 Å². The first-order valence-corrected chi connectivity index (χ1v) is 13.5. The average Bonchev–Trinajstić information content (AvgIpc) is 3.38. The second-order valence-corrected chi connectivity index (χ2v) is 10.2. The minimum Gasteiger partial charge on any atom is -0.494 e. The van der Waals surface area contributed by atoms with Crippen molar-refractivity contribution in [1.82, 2.24) is 9.78 Å². The van der Waals surface area contributed by atoms with Crippen LogP contribution >= 0.6 is 15.9 Å². The number of hydrogen-bond donors (Lipinski definition) is 2. The molecule has 10 nitrogen and oxygen atoms in total. The predicted molar refractivity (Wildman–Crippen MR) is 151 cm³/mol. The van der Waals surface area contributed by atoms with Crippen molar-refractivity contribution in [2.75, 3.05) is 17.2 Å². The lowest BCUT2D eigenvalue weighted by Crippen LogP contribution is -2.35. The van der Waals surface area contributed by atoms with Crippen LogP contribution in [0.25, 0.3) is 0 Å². The molecule has 0 bridgehead atoms. The van der Waals surface area contributed by atoms with Crippen molar-refractivity contribution >= 4 is 39.0 Å². The molecule has 2 N–H and O–H groups in total. The Bertz CT molecular complexity index is 1610. The van der Waals surface area contributed by atoms with Gasteiger partial charge in [-0.3, -0.25) is 14.9 Å². The van der Waals surface area contributed by atoms with Crippen molar-refractivity contribution in [1.29, 1.82) is 0 Å². The van der Waals surface area contributed by atoms with Crippen LogP contribution in [0.4, 0.5) is 30.4 Å². The molecule has 1 aromatic heterocycles. The van der Waals surface area contributed by atoms with Crippen LogP contribution in [-0.4, -0.2) is 33.4 Å². The summed E-state index contributed by atoms with van der Waals surface area (Å²) in [5.41, 5.74) is -0.0329. The summed E-state index contributed by atoms with van der Waals surface area (Å²) in [4.78, 5) is 24.0. The fourth-order valence-corrected chi connectivity index (χ4v) is 4.78. The summed E-state index contributed by atoms with van der Waals surface area (Å²) in [6.45, 7) is 2.32. The van der Waals surface area contributed by atoms with Gasteiger partial charge in [0.05, 0.1) is 29.3 Å². The molecular weight excluding hydrogens is 623 g/mol. The number of hydrogen-bond acceptors (Lipinski definition) is 7. The molecule has 0 saturated heterocycles. The van der Waals surface area contributed by atoms with Crippen LogP contribution in [0.5, 0.6) is 17.2 Å². The van der Waals surface area contributed by atoms with Crippen molar-refractivity contribution < 1.29 is 32.4 Å². The number of nitro groups is 1. The van der Waals surface area contributed by atoms with Crippen molar-refractivity contribution in [2.24, 2.45) is 0 Å². The third-order valence-electron chi connectivity index (χ3n) is 6.43. The number of carbonyl (C=O) groups excluding carboxylic acids is 1. The van der Waals surface area contributed by atoms with E-state index in [2.05, 4.69) is 31.7 Å². The van der Waals surface area contributed by atoms with E-state index in [4.69, 9.17) is 9.47 Å². The van der Waals surface area contributed by atoms with Crippen LogP contribution in [0.1, 0.15) is 41.5 Å². The van der Waals surface area contributed by atoms with E-state index in [0.29, 0.717) is 23.7 Å². The summed E-state index contributed by atoms with van der Waals surface area (Å²) in [6.07, 6.45) is -4.96. The second-order valence-electron chi connectivity index (χ2n) is 9.33. The molecule has 0 spiro atoms. The number of non-ortho nitro benzene ring substituents is 1. The Morgan fingerprint density at radius 3 is 2.43 bits per heavy atom. The van der Waals surface area contributed by atoms with Crippen molar-refractivity contribution in [3.8, 4) is 17.2 Å². The number of nitrogens with one attached hydrogen (secondary N) is 2. The number of aromatic nitrogens is 2. The van der Waals surface area contributed by atoms with Gasteiger partial charge in [-0.2, -0.15) is 18.3 Å². The molecule has 0 saturated carbocycles. The lowest BCUT2D eigenvalue weighted by molar-refractivity contribution is -0.384. The topological polar surface area (TPSA) is 121 Å². The smallest absolute Gasteiger partial charge is 0.410 e. The first kappa shape index (κ1) is 28.9. The van der Waals surface area contributed by atoms with Gasteiger partial charge in [0, 0.05) is 29.1 Å². The van der Waals surface area contributed by atoms with Gasteiger partial charge < -0.3 is 20.1 Å². The van der Waals surface area contributed by atoms with Crippen molar-refractivity contribution in [2.45, 2.75) is 31.6 Å². The Morgan fingerprint density at radius 1 is 1.10 bits per heavy atom. The van der Waals surface area contributed by atoms with Gasteiger partial charge in [-0.1, -0.05) is 28.1 Å². The Labute approximate surface area is 245 Å². The molecule has 2 unspecified atom stereocenters. The van der Waals surface area contributed by atoms with Crippen LogP contribution in [0.15, 0.2) is 77.3 Å². The number of ether oxygens (including phenoxy) is 2. The molecule has 1 amide bonds. The summed E-state index contributed by atoms with van der Waals surface area (Å²) in [6, 6.07) is 15.7. The molecule has 0 fully saturated rings. The maximum Gasteiger partial charge on any atom is 0.410 e. The third-order valence-corrected chi connectivity index (χ3v) is 6.95. The molecule has 0 aliphatic carbocycles. The summed E-state index contributed by atoms with van der Waals surface area (Å²) >= 11 is 3.32. The molecule has 1 aliphatic rings. The number of nitro benzene ring substituents is 1. The van der Waals surface area contributed by atoms with Gasteiger partial charge in [-0.25, -0.2) is 4.68 Å². The Kier molecular flexibility index (Phi) is 8.07. The molecule has 42 heavy (non-hydrogen) atoms. The highest BCUT2D eigenvalue weighted by Crippen LogP contribution is 2.44. The van der Waals surface area contributed by atoms with E-state index in [-0.39, 0.29) is 35.1 Å². The monoisotopic (exact) mass is 645 g/mol. The minimum absolute atomic E-state index is 0.00539. The van der Waals surface area contributed by atoms with Gasteiger partial charge in [-0.05, 0) is 48.9 Å². The molecule has 218 valence electrons. The molecule has 2 heterocycles. The molecule has 5 rings (SSSR count). The van der Waals surface area contributed by atoms with Crippen molar-refractivity contribution in [3.05, 3.63) is 98.6 Å². The zero-order valence-electron chi connectivity index (χ0n) is 21.9. The lowest BCUT2D eigenvalue weighted by Gasteiger charge is -2.33.